The third-order valence-corrected chi connectivity index (χ3v) is 7.55. The van der Waals surface area contributed by atoms with Gasteiger partial charge in [-0.3, -0.25) is 8.98 Å². The summed E-state index contributed by atoms with van der Waals surface area (Å²) in [6.07, 6.45) is 4.22. The molecule has 3 aromatic rings. The van der Waals surface area contributed by atoms with Gasteiger partial charge in [-0.25, -0.2) is 19.5 Å². The van der Waals surface area contributed by atoms with Crippen molar-refractivity contribution in [3.05, 3.63) is 78.0 Å². The summed E-state index contributed by atoms with van der Waals surface area (Å²) in [4.78, 5) is 21.4. The van der Waals surface area contributed by atoms with E-state index in [1.807, 2.05) is 29.0 Å². The number of alkyl halides is 1. The first-order valence-electron chi connectivity index (χ1n) is 12.0. The van der Waals surface area contributed by atoms with Crippen LogP contribution in [0.3, 0.4) is 0 Å². The number of nitrogens with one attached hydrogen (secondary N) is 1. The molecule has 2 saturated carbocycles. The Labute approximate surface area is 214 Å². The quantitative estimate of drug-likeness (QED) is 0.338. The van der Waals surface area contributed by atoms with E-state index in [9.17, 15) is 22.7 Å². The average molecular weight is 530 g/mol. The number of ketones is 1. The Morgan fingerprint density at radius 2 is 2.00 bits per heavy atom. The lowest BCUT2D eigenvalue weighted by Gasteiger charge is -2.18. The molecule has 4 N–H and O–H groups in total. The fraction of sp³-hybridized carbons (Fsp3) is 0.400. The number of anilines is 1. The standard InChI is InChI=1S/C25H28FN5O5S/c26-22-21(9-18(24(22)33)13-36-37(27,34)35)30-25-20(10-28-14-29-25)23(32)16-6-7-31(11-16)12-17-8-19(17)15-4-2-1-3-5-15/h1-7,10-11,14,17-19,21-22,24,33H,8-9,12-13H2,(H2,27,34,35)(H,28,29,30)/t17?,18-,19?,21-,22-,24-/m1/s1. The summed E-state index contributed by atoms with van der Waals surface area (Å²) in [6.45, 7) is 0.350. The number of carbonyl (C=O) groups is 1. The Kier molecular flexibility index (Phi) is 7.08. The minimum atomic E-state index is -4.22. The number of hydrogen-bond donors (Lipinski definition) is 3. The molecule has 0 radical (unpaired) electrons. The predicted octanol–water partition coefficient (Wildman–Crippen LogP) is 2.03. The Morgan fingerprint density at radius 3 is 2.76 bits per heavy atom. The van der Waals surface area contributed by atoms with E-state index in [-0.39, 0.29) is 23.6 Å². The van der Waals surface area contributed by atoms with E-state index < -0.39 is 41.1 Å². The lowest BCUT2D eigenvalue weighted by atomic mass is 10.1. The smallest absolute Gasteiger partial charge is 0.333 e. The van der Waals surface area contributed by atoms with Gasteiger partial charge in [0, 0.05) is 36.6 Å². The third kappa shape index (κ3) is 5.87. The summed E-state index contributed by atoms with van der Waals surface area (Å²) in [5.41, 5.74) is 1.95. The highest BCUT2D eigenvalue weighted by Gasteiger charge is 2.44. The molecule has 5 rings (SSSR count). The van der Waals surface area contributed by atoms with Crippen LogP contribution in [0.5, 0.6) is 0 Å². The number of carbonyl (C=O) groups excluding carboxylic acids is 1. The zero-order valence-corrected chi connectivity index (χ0v) is 20.7. The van der Waals surface area contributed by atoms with Gasteiger partial charge in [0.05, 0.1) is 24.3 Å². The normalized spacial score (nSPS) is 27.2. The number of halogens is 1. The van der Waals surface area contributed by atoms with E-state index >= 15 is 0 Å². The molecule has 0 spiro atoms. The van der Waals surface area contributed by atoms with E-state index in [0.29, 0.717) is 17.4 Å². The first kappa shape index (κ1) is 25.5. The van der Waals surface area contributed by atoms with Crippen molar-refractivity contribution in [1.29, 1.82) is 0 Å². The van der Waals surface area contributed by atoms with Gasteiger partial charge in [0.2, 0.25) is 0 Å². The molecule has 2 heterocycles. The van der Waals surface area contributed by atoms with Gasteiger partial charge in [0.1, 0.15) is 18.3 Å². The second kappa shape index (κ2) is 10.3. The molecule has 10 nitrogen and oxygen atoms in total. The van der Waals surface area contributed by atoms with Gasteiger partial charge in [-0.2, -0.15) is 8.42 Å². The Balaban J connectivity index is 1.24. The maximum Gasteiger partial charge on any atom is 0.333 e. The van der Waals surface area contributed by atoms with Crippen molar-refractivity contribution in [3.8, 4) is 0 Å². The largest absolute Gasteiger partial charge is 0.390 e. The predicted molar refractivity (Wildman–Crippen MR) is 133 cm³/mol. The van der Waals surface area contributed by atoms with E-state index in [0.717, 1.165) is 13.0 Å². The number of rotatable bonds is 10. The first-order valence-corrected chi connectivity index (χ1v) is 13.5. The molecule has 0 saturated heterocycles. The van der Waals surface area contributed by atoms with E-state index in [2.05, 4.69) is 31.6 Å². The SMILES string of the molecule is NS(=O)(=O)OC[C@H]1C[C@@H](Nc2ncncc2C(=O)c2ccn(CC3CC3c3ccccc3)c2)[C@@H](F)[C@@H]1O. The van der Waals surface area contributed by atoms with Crippen molar-refractivity contribution < 1.29 is 26.9 Å². The van der Waals surface area contributed by atoms with Crippen molar-refractivity contribution in [3.63, 3.8) is 0 Å². The lowest BCUT2D eigenvalue weighted by Crippen LogP contribution is -2.33. The zero-order chi connectivity index (χ0) is 26.2. The van der Waals surface area contributed by atoms with Gasteiger partial charge >= 0.3 is 10.3 Å². The summed E-state index contributed by atoms with van der Waals surface area (Å²) in [7, 11) is -4.22. The highest BCUT2D eigenvalue weighted by atomic mass is 32.2. The van der Waals surface area contributed by atoms with Crippen LogP contribution in [0.2, 0.25) is 0 Å². The lowest BCUT2D eigenvalue weighted by molar-refractivity contribution is 0.0501. The maximum atomic E-state index is 14.8. The number of nitrogens with zero attached hydrogens (tertiary/aromatic N) is 3. The van der Waals surface area contributed by atoms with Crippen LogP contribution < -0.4 is 10.5 Å². The number of aliphatic hydroxyl groups is 1. The van der Waals surface area contributed by atoms with Gasteiger partial charge in [0.25, 0.3) is 0 Å². The fourth-order valence-corrected chi connectivity index (χ4v) is 5.40. The van der Waals surface area contributed by atoms with Crippen LogP contribution in [0, 0.1) is 11.8 Å². The van der Waals surface area contributed by atoms with Crippen LogP contribution in [0.15, 0.2) is 61.3 Å². The van der Waals surface area contributed by atoms with E-state index in [1.165, 1.54) is 18.1 Å². The molecule has 0 bridgehead atoms. The third-order valence-electron chi connectivity index (χ3n) is 7.08. The highest BCUT2D eigenvalue weighted by molar-refractivity contribution is 7.84. The van der Waals surface area contributed by atoms with Crippen LogP contribution in [0.1, 0.15) is 40.2 Å². The van der Waals surface area contributed by atoms with Crippen molar-refractivity contribution in [1.82, 2.24) is 14.5 Å². The molecule has 2 aliphatic rings. The van der Waals surface area contributed by atoms with Crippen LogP contribution in [-0.4, -0.2) is 58.8 Å². The van der Waals surface area contributed by atoms with Crippen LogP contribution >= 0.6 is 0 Å². The second-order valence-electron chi connectivity index (χ2n) is 9.68. The molecule has 2 fully saturated rings. The van der Waals surface area contributed by atoms with Crippen LogP contribution in [0.25, 0.3) is 0 Å². The highest BCUT2D eigenvalue weighted by Crippen LogP contribution is 2.48. The zero-order valence-electron chi connectivity index (χ0n) is 19.9. The Morgan fingerprint density at radius 1 is 1.22 bits per heavy atom. The molecule has 2 unspecified atom stereocenters. The molecule has 2 aromatic heterocycles. The molecular weight excluding hydrogens is 501 g/mol. The van der Waals surface area contributed by atoms with Gasteiger partial charge in [-0.1, -0.05) is 30.3 Å². The molecule has 196 valence electrons. The van der Waals surface area contributed by atoms with Gasteiger partial charge in [-0.15, -0.1) is 0 Å². The van der Waals surface area contributed by atoms with Gasteiger partial charge in [-0.05, 0) is 36.3 Å². The topological polar surface area (TPSA) is 149 Å². The monoisotopic (exact) mass is 529 g/mol. The average Bonchev–Trinajstić information content (AvgIpc) is 3.40. The number of hydrogen-bond acceptors (Lipinski definition) is 8. The molecular formula is C25H28FN5O5S. The Bertz CT molecular complexity index is 1370. The van der Waals surface area contributed by atoms with Crippen molar-refractivity contribution in [2.75, 3.05) is 11.9 Å². The fourth-order valence-electron chi connectivity index (χ4n) is 5.04. The molecule has 0 aliphatic heterocycles. The minimum Gasteiger partial charge on any atom is -0.390 e. The van der Waals surface area contributed by atoms with E-state index in [4.69, 9.17) is 5.14 Å². The van der Waals surface area contributed by atoms with Crippen LogP contribution in [0.4, 0.5) is 10.2 Å². The van der Waals surface area contributed by atoms with Gasteiger partial charge < -0.3 is 15.0 Å². The van der Waals surface area contributed by atoms with Gasteiger partial charge in [0.15, 0.2) is 5.78 Å². The molecule has 2 aliphatic carbocycles. The minimum absolute atomic E-state index is 0.0514. The molecule has 12 heteroatoms. The maximum absolute atomic E-state index is 14.8. The first-order chi connectivity index (χ1) is 17.7. The number of aromatic nitrogens is 3. The molecule has 0 amide bonds. The summed E-state index contributed by atoms with van der Waals surface area (Å²) in [5.74, 6) is 0.0439. The summed E-state index contributed by atoms with van der Waals surface area (Å²) in [5, 5.41) is 17.9. The van der Waals surface area contributed by atoms with Crippen molar-refractivity contribution >= 4 is 21.9 Å². The number of aliphatic hydroxyl groups excluding tert-OH is 1. The van der Waals surface area contributed by atoms with Crippen LogP contribution in [-0.2, 0) is 21.0 Å². The molecule has 6 atom stereocenters. The summed E-state index contributed by atoms with van der Waals surface area (Å²) >= 11 is 0. The molecule has 1 aromatic carbocycles. The number of nitrogens with two attached hydrogens (primary N) is 1. The van der Waals surface area contributed by atoms with E-state index in [1.54, 1.807) is 12.3 Å². The number of benzene rings is 1. The molecule has 37 heavy (non-hydrogen) atoms. The Hall–Kier alpha value is -3.19. The summed E-state index contributed by atoms with van der Waals surface area (Å²) in [6, 6.07) is 11.2. The van der Waals surface area contributed by atoms with Crippen molar-refractivity contribution in [2.45, 2.75) is 43.6 Å². The second-order valence-corrected chi connectivity index (χ2v) is 10.9. The summed E-state index contributed by atoms with van der Waals surface area (Å²) < 4.78 is 43.4. The van der Waals surface area contributed by atoms with Crippen molar-refractivity contribution in [2.24, 2.45) is 17.0 Å².